The van der Waals surface area contributed by atoms with Crippen LogP contribution in [0.5, 0.6) is 0 Å². The van der Waals surface area contributed by atoms with Crippen LogP contribution in [0.2, 0.25) is 0 Å². The van der Waals surface area contributed by atoms with Crippen LogP contribution in [0.4, 0.5) is 10.1 Å². The van der Waals surface area contributed by atoms with Crippen LogP contribution in [0.25, 0.3) is 0 Å². The Bertz CT molecular complexity index is 926. The first-order valence-corrected chi connectivity index (χ1v) is 9.72. The van der Waals surface area contributed by atoms with E-state index in [4.69, 9.17) is 0 Å². The number of anilines is 1. The predicted molar refractivity (Wildman–Crippen MR) is 106 cm³/mol. The lowest BCUT2D eigenvalue weighted by atomic mass is 10.1. The molecule has 7 heteroatoms. The second-order valence-corrected chi connectivity index (χ2v) is 7.34. The van der Waals surface area contributed by atoms with E-state index in [0.29, 0.717) is 31.7 Å². The summed E-state index contributed by atoms with van der Waals surface area (Å²) in [7, 11) is 0. The fourth-order valence-corrected chi connectivity index (χ4v) is 3.93. The lowest BCUT2D eigenvalue weighted by Crippen LogP contribution is -2.52. The van der Waals surface area contributed by atoms with Crippen LogP contribution in [-0.4, -0.2) is 60.2 Å². The van der Waals surface area contributed by atoms with Crippen molar-refractivity contribution in [2.45, 2.75) is 6.42 Å². The third-order valence-electron chi connectivity index (χ3n) is 5.52. The van der Waals surface area contributed by atoms with E-state index >= 15 is 0 Å². The number of carbonyl (C=O) groups excluding carboxylic acids is 3. The molecule has 2 heterocycles. The van der Waals surface area contributed by atoms with Crippen molar-refractivity contribution >= 4 is 23.4 Å². The standard InChI is InChI=1S/C22H22FN3O3/c23-18-8-4-5-9-19(18)26-15-17(14-20(26)27)22(29)25-12-10-24(11-13-25)21(28)16-6-2-1-3-7-16/h1-9,17H,10-15H2/t17-/m1/s1. The molecule has 4 rings (SSSR count). The molecule has 0 aliphatic carbocycles. The third-order valence-corrected chi connectivity index (χ3v) is 5.52. The number of halogens is 1. The summed E-state index contributed by atoms with van der Waals surface area (Å²) in [6.07, 6.45) is 0.0797. The second kappa shape index (κ2) is 8.03. The van der Waals surface area contributed by atoms with Gasteiger partial charge in [-0.05, 0) is 24.3 Å². The molecular weight excluding hydrogens is 373 g/mol. The van der Waals surface area contributed by atoms with Gasteiger partial charge in [-0.2, -0.15) is 0 Å². The predicted octanol–water partition coefficient (Wildman–Crippen LogP) is 2.16. The van der Waals surface area contributed by atoms with Crippen LogP contribution in [0.1, 0.15) is 16.8 Å². The normalized spacial score (nSPS) is 19.6. The van der Waals surface area contributed by atoms with Crippen molar-refractivity contribution in [3.05, 3.63) is 66.0 Å². The number of nitrogens with zero attached hydrogens (tertiary/aromatic N) is 3. The minimum atomic E-state index is -0.488. The molecule has 2 fully saturated rings. The fraction of sp³-hybridized carbons (Fsp3) is 0.318. The number of carbonyl (C=O) groups is 3. The van der Waals surface area contributed by atoms with Crippen LogP contribution >= 0.6 is 0 Å². The highest BCUT2D eigenvalue weighted by atomic mass is 19.1. The quantitative estimate of drug-likeness (QED) is 0.800. The van der Waals surface area contributed by atoms with Gasteiger partial charge >= 0.3 is 0 Å². The van der Waals surface area contributed by atoms with Crippen LogP contribution in [0.3, 0.4) is 0 Å². The van der Waals surface area contributed by atoms with Crippen molar-refractivity contribution in [2.75, 3.05) is 37.6 Å². The van der Waals surface area contributed by atoms with Gasteiger partial charge in [0.25, 0.3) is 5.91 Å². The van der Waals surface area contributed by atoms with Crippen LogP contribution in [0, 0.1) is 11.7 Å². The fourth-order valence-electron chi connectivity index (χ4n) is 3.93. The van der Waals surface area contributed by atoms with Gasteiger partial charge in [0.15, 0.2) is 0 Å². The largest absolute Gasteiger partial charge is 0.339 e. The van der Waals surface area contributed by atoms with Gasteiger partial charge in [0.1, 0.15) is 5.82 Å². The lowest BCUT2D eigenvalue weighted by molar-refractivity contribution is -0.137. The van der Waals surface area contributed by atoms with Crippen molar-refractivity contribution in [1.29, 1.82) is 0 Å². The van der Waals surface area contributed by atoms with Gasteiger partial charge in [-0.25, -0.2) is 4.39 Å². The summed E-state index contributed by atoms with van der Waals surface area (Å²) in [5, 5.41) is 0. The Balaban J connectivity index is 1.36. The Morgan fingerprint density at radius 1 is 0.862 bits per heavy atom. The number of para-hydroxylation sites is 1. The molecule has 0 aromatic heterocycles. The zero-order chi connectivity index (χ0) is 20.4. The van der Waals surface area contributed by atoms with Crippen molar-refractivity contribution in [3.63, 3.8) is 0 Å². The molecule has 150 valence electrons. The highest BCUT2D eigenvalue weighted by molar-refractivity contribution is 6.00. The Morgan fingerprint density at radius 2 is 1.48 bits per heavy atom. The van der Waals surface area contributed by atoms with Crippen molar-refractivity contribution in [3.8, 4) is 0 Å². The minimum absolute atomic E-state index is 0.0422. The second-order valence-electron chi connectivity index (χ2n) is 7.34. The van der Waals surface area contributed by atoms with Crippen molar-refractivity contribution in [1.82, 2.24) is 9.80 Å². The molecule has 0 bridgehead atoms. The van der Waals surface area contributed by atoms with E-state index in [0.717, 1.165) is 0 Å². The first-order chi connectivity index (χ1) is 14.0. The molecule has 3 amide bonds. The average Bonchev–Trinajstić information content (AvgIpc) is 3.15. The highest BCUT2D eigenvalue weighted by Crippen LogP contribution is 2.28. The van der Waals surface area contributed by atoms with Gasteiger partial charge in [0, 0.05) is 44.7 Å². The van der Waals surface area contributed by atoms with Crippen LogP contribution in [-0.2, 0) is 9.59 Å². The van der Waals surface area contributed by atoms with Crippen LogP contribution < -0.4 is 4.90 Å². The Hall–Kier alpha value is -3.22. The van der Waals surface area contributed by atoms with E-state index < -0.39 is 11.7 Å². The monoisotopic (exact) mass is 395 g/mol. The Morgan fingerprint density at radius 3 is 2.17 bits per heavy atom. The van der Waals surface area contributed by atoms with E-state index in [1.807, 2.05) is 18.2 Å². The van der Waals surface area contributed by atoms with E-state index in [2.05, 4.69) is 0 Å². The van der Waals surface area contributed by atoms with E-state index in [1.54, 1.807) is 40.1 Å². The summed E-state index contributed by atoms with van der Waals surface area (Å²) < 4.78 is 14.0. The molecular formula is C22H22FN3O3. The number of rotatable bonds is 3. The molecule has 0 N–H and O–H groups in total. The lowest BCUT2D eigenvalue weighted by Gasteiger charge is -2.36. The first kappa shape index (κ1) is 19.1. The van der Waals surface area contributed by atoms with E-state index in [1.165, 1.54) is 11.0 Å². The number of hydrogen-bond donors (Lipinski definition) is 0. The van der Waals surface area contributed by atoms with Gasteiger partial charge in [0.05, 0.1) is 11.6 Å². The summed E-state index contributed by atoms with van der Waals surface area (Å²) in [4.78, 5) is 42.6. The van der Waals surface area contributed by atoms with Crippen LogP contribution in [0.15, 0.2) is 54.6 Å². The zero-order valence-corrected chi connectivity index (χ0v) is 16.0. The number of amides is 3. The number of piperazine rings is 1. The zero-order valence-electron chi connectivity index (χ0n) is 16.0. The molecule has 0 saturated carbocycles. The van der Waals surface area contributed by atoms with Gasteiger partial charge in [-0.15, -0.1) is 0 Å². The topological polar surface area (TPSA) is 60.9 Å². The molecule has 2 saturated heterocycles. The maximum atomic E-state index is 14.0. The molecule has 0 radical (unpaired) electrons. The average molecular weight is 395 g/mol. The number of hydrogen-bond acceptors (Lipinski definition) is 3. The first-order valence-electron chi connectivity index (χ1n) is 9.72. The molecule has 2 aliphatic rings. The van der Waals surface area contributed by atoms with Gasteiger partial charge in [0.2, 0.25) is 11.8 Å². The third kappa shape index (κ3) is 3.85. The molecule has 2 aromatic carbocycles. The smallest absolute Gasteiger partial charge is 0.253 e. The van der Waals surface area contributed by atoms with Crippen molar-refractivity contribution < 1.29 is 18.8 Å². The van der Waals surface area contributed by atoms with E-state index in [-0.39, 0.29) is 36.4 Å². The summed E-state index contributed by atoms with van der Waals surface area (Å²) in [6, 6.07) is 15.2. The minimum Gasteiger partial charge on any atom is -0.339 e. The summed E-state index contributed by atoms with van der Waals surface area (Å²) in [5.74, 6) is -1.35. The molecule has 0 unspecified atom stereocenters. The molecule has 1 atom stereocenters. The highest BCUT2D eigenvalue weighted by Gasteiger charge is 2.39. The van der Waals surface area contributed by atoms with Gasteiger partial charge in [-0.1, -0.05) is 30.3 Å². The van der Waals surface area contributed by atoms with E-state index in [9.17, 15) is 18.8 Å². The molecule has 29 heavy (non-hydrogen) atoms. The summed E-state index contributed by atoms with van der Waals surface area (Å²) >= 11 is 0. The molecule has 2 aliphatic heterocycles. The molecule has 2 aromatic rings. The Labute approximate surface area is 168 Å². The summed E-state index contributed by atoms with van der Waals surface area (Å²) in [5.41, 5.74) is 0.847. The number of benzene rings is 2. The van der Waals surface area contributed by atoms with Gasteiger partial charge in [-0.3, -0.25) is 14.4 Å². The van der Waals surface area contributed by atoms with Crippen molar-refractivity contribution in [2.24, 2.45) is 5.92 Å². The SMILES string of the molecule is O=C(c1ccccc1)N1CCN(C(=O)[C@@H]2CC(=O)N(c3ccccc3F)C2)CC1. The Kier molecular flexibility index (Phi) is 5.29. The molecule has 0 spiro atoms. The maximum absolute atomic E-state index is 14.0. The van der Waals surface area contributed by atoms with Gasteiger partial charge < -0.3 is 14.7 Å². The summed E-state index contributed by atoms with van der Waals surface area (Å²) in [6.45, 7) is 1.96. The maximum Gasteiger partial charge on any atom is 0.253 e. The molecule has 6 nitrogen and oxygen atoms in total.